The number of aliphatic carboxylic acids is 2. The number of Topliss-reactive ketones (excluding diaryl/α,β-unsaturated/α-hetero) is 2. The van der Waals surface area contributed by atoms with E-state index in [9.17, 15) is 29.4 Å². The molecule has 4 aromatic carbocycles. The van der Waals surface area contributed by atoms with Crippen LogP contribution >= 0.6 is 0 Å². The Morgan fingerprint density at radius 1 is 0.564 bits per heavy atom. The Labute approximate surface area is 244 Å². The van der Waals surface area contributed by atoms with Crippen molar-refractivity contribution in [3.8, 4) is 11.5 Å². The Morgan fingerprint density at radius 2 is 0.897 bits per heavy atom. The molecule has 4 rings (SSSR count). The topological polar surface area (TPSA) is 133 Å². The third-order valence-electron chi connectivity index (χ3n) is 5.92. The van der Waals surface area contributed by atoms with Gasteiger partial charge in [-0.1, -0.05) is 48.5 Å². The van der Waals surface area contributed by atoms with Crippen LogP contribution in [0, 0.1) is 0 Å². The van der Waals surface area contributed by atoms with Gasteiger partial charge in [0, 0.05) is 46.7 Å². The van der Waals surface area contributed by atoms with Crippen molar-refractivity contribution in [2.45, 2.75) is 25.7 Å². The van der Waals surface area contributed by atoms with Crippen molar-refractivity contribution < 1.29 is 41.7 Å². The molecule has 0 fully saturated rings. The molecule has 0 unspecified atom stereocenters. The fourth-order valence-electron chi connectivity index (χ4n) is 4.09. The van der Waals surface area contributed by atoms with Gasteiger partial charge in [0.05, 0.1) is 14.2 Å². The Kier molecular flexibility index (Phi) is 11.9. The summed E-state index contributed by atoms with van der Waals surface area (Å²) < 4.78 is 10.5. The fraction of sp³-hybridized carbons (Fsp3) is 0.200. The number of rotatable bonds is 10. The molecule has 9 heteroatoms. The second-order valence-electron chi connectivity index (χ2n) is 8.31. The number of carbonyl (C=O) groups is 4. The maximum absolute atomic E-state index is 12.0. The van der Waals surface area contributed by atoms with Crippen molar-refractivity contribution in [2.75, 3.05) is 14.2 Å². The van der Waals surface area contributed by atoms with E-state index >= 15 is 0 Å². The first kappa shape index (κ1) is 31.3. The SMILES string of the molecule is COc1ccc(C(=O)CCC(=O)[O-])c2ccccc12.COc1ccc(C(=O)CCC(=O)[O-])c2ccccc12.[H-].[H-].[Mg+2]. The number of benzene rings is 4. The molecule has 0 bridgehead atoms. The number of ketones is 2. The standard InChI is InChI=1S/2C15H14O4.Mg.2H/c2*1-19-14-8-6-11(13(16)7-9-15(17)18)10-4-2-3-5-12(10)14;;;/h2*2-6,8H,7,9H2,1H3,(H,17,18);;;/q;;+2;2*-1/p-2. The predicted octanol–water partition coefficient (Wildman–Crippen LogP) is 2.97. The summed E-state index contributed by atoms with van der Waals surface area (Å²) in [5.74, 6) is -1.47. The van der Waals surface area contributed by atoms with Gasteiger partial charge in [-0.15, -0.1) is 0 Å². The summed E-state index contributed by atoms with van der Waals surface area (Å²) in [7, 11) is 3.14. The molecule has 0 spiro atoms. The Hall–Kier alpha value is -3.95. The van der Waals surface area contributed by atoms with Crippen molar-refractivity contribution >= 4 is 68.1 Å². The van der Waals surface area contributed by atoms with E-state index in [4.69, 9.17) is 9.47 Å². The third-order valence-corrected chi connectivity index (χ3v) is 5.92. The molecule has 39 heavy (non-hydrogen) atoms. The second kappa shape index (κ2) is 14.8. The Balaban J connectivity index is 0.000000727. The average Bonchev–Trinajstić information content (AvgIpc) is 2.93. The zero-order chi connectivity index (χ0) is 27.7. The summed E-state index contributed by atoms with van der Waals surface area (Å²) in [6, 6.07) is 21.5. The number of methoxy groups -OCH3 is 2. The minimum absolute atomic E-state index is 0. The minimum Gasteiger partial charge on any atom is -1.00 e. The van der Waals surface area contributed by atoms with Crippen LogP contribution in [0.1, 0.15) is 49.3 Å². The van der Waals surface area contributed by atoms with Crippen LogP contribution in [-0.2, 0) is 9.59 Å². The van der Waals surface area contributed by atoms with Crippen molar-refractivity contribution in [3.63, 3.8) is 0 Å². The number of ether oxygens (including phenoxy) is 2. The molecule has 0 saturated carbocycles. The molecule has 0 aliphatic rings. The molecule has 0 atom stereocenters. The van der Waals surface area contributed by atoms with E-state index in [1.807, 2.05) is 48.5 Å². The Bertz CT molecular complexity index is 1390. The van der Waals surface area contributed by atoms with Gasteiger partial charge < -0.3 is 32.1 Å². The normalized spacial score (nSPS) is 10.1. The molecule has 0 amide bonds. The van der Waals surface area contributed by atoms with Gasteiger partial charge in [0.1, 0.15) is 11.5 Å². The smallest absolute Gasteiger partial charge is 1.00 e. The number of hydrogen-bond acceptors (Lipinski definition) is 8. The van der Waals surface area contributed by atoms with Gasteiger partial charge in [0.15, 0.2) is 11.6 Å². The van der Waals surface area contributed by atoms with E-state index in [1.54, 1.807) is 38.5 Å². The molecule has 0 aliphatic heterocycles. The Morgan fingerprint density at radius 3 is 1.21 bits per heavy atom. The summed E-state index contributed by atoms with van der Waals surface area (Å²) in [6.45, 7) is 0. The first-order chi connectivity index (χ1) is 18.3. The van der Waals surface area contributed by atoms with E-state index < -0.39 is 11.9 Å². The number of carboxylic acids is 2. The number of carbonyl (C=O) groups excluding carboxylic acids is 4. The third kappa shape index (κ3) is 8.02. The summed E-state index contributed by atoms with van der Waals surface area (Å²) in [5.41, 5.74) is 1.02. The van der Waals surface area contributed by atoms with Gasteiger partial charge in [0.25, 0.3) is 0 Å². The summed E-state index contributed by atoms with van der Waals surface area (Å²) in [6.07, 6.45) is -0.643. The molecule has 4 aromatic rings. The van der Waals surface area contributed by atoms with Crippen LogP contribution in [0.4, 0.5) is 0 Å². The van der Waals surface area contributed by atoms with Crippen molar-refractivity contribution in [2.24, 2.45) is 0 Å². The van der Waals surface area contributed by atoms with E-state index in [2.05, 4.69) is 0 Å². The monoisotopic (exact) mass is 540 g/mol. The fourth-order valence-corrected chi connectivity index (χ4v) is 4.09. The molecular formula is C30H28MgO8-2. The molecule has 0 radical (unpaired) electrons. The van der Waals surface area contributed by atoms with Crippen LogP contribution in [0.25, 0.3) is 21.5 Å². The average molecular weight is 541 g/mol. The van der Waals surface area contributed by atoms with E-state index in [0.29, 0.717) is 22.6 Å². The van der Waals surface area contributed by atoms with E-state index in [0.717, 1.165) is 21.5 Å². The first-order valence-electron chi connectivity index (χ1n) is 11.8. The minimum atomic E-state index is -1.22. The number of carboxylic acid groups (broad SMARTS) is 2. The van der Waals surface area contributed by atoms with E-state index in [-0.39, 0.29) is 63.2 Å². The van der Waals surface area contributed by atoms with Gasteiger partial charge in [-0.2, -0.15) is 0 Å². The number of hydrogen-bond donors (Lipinski definition) is 0. The van der Waals surface area contributed by atoms with Crippen LogP contribution in [0.15, 0.2) is 72.8 Å². The molecule has 0 N–H and O–H groups in total. The number of fused-ring (bicyclic) bond motifs is 2. The van der Waals surface area contributed by atoms with Crippen molar-refractivity contribution in [3.05, 3.63) is 83.9 Å². The maximum Gasteiger partial charge on any atom is 2.00 e. The molecular weight excluding hydrogens is 513 g/mol. The first-order valence-corrected chi connectivity index (χ1v) is 11.8. The van der Waals surface area contributed by atoms with Gasteiger partial charge in [0.2, 0.25) is 0 Å². The quantitative estimate of drug-likeness (QED) is 0.221. The summed E-state index contributed by atoms with van der Waals surface area (Å²) in [4.78, 5) is 44.9. The largest absolute Gasteiger partial charge is 2.00 e. The zero-order valence-corrected chi connectivity index (χ0v) is 23.1. The second-order valence-corrected chi connectivity index (χ2v) is 8.31. The molecule has 0 aliphatic carbocycles. The van der Waals surface area contributed by atoms with E-state index in [1.165, 1.54) is 0 Å². The summed E-state index contributed by atoms with van der Waals surface area (Å²) >= 11 is 0. The van der Waals surface area contributed by atoms with Crippen LogP contribution < -0.4 is 19.7 Å². The van der Waals surface area contributed by atoms with Gasteiger partial charge in [-0.25, -0.2) is 0 Å². The van der Waals surface area contributed by atoms with Crippen molar-refractivity contribution in [1.29, 1.82) is 0 Å². The van der Waals surface area contributed by atoms with Crippen LogP contribution in [0.2, 0.25) is 0 Å². The van der Waals surface area contributed by atoms with Gasteiger partial charge in [-0.05, 0) is 47.9 Å². The van der Waals surface area contributed by atoms with Gasteiger partial charge in [-0.3, -0.25) is 9.59 Å². The molecule has 8 nitrogen and oxygen atoms in total. The zero-order valence-electron chi connectivity index (χ0n) is 23.7. The summed E-state index contributed by atoms with van der Waals surface area (Å²) in [5, 5.41) is 24.0. The van der Waals surface area contributed by atoms with Crippen LogP contribution in [0.3, 0.4) is 0 Å². The molecule has 0 aromatic heterocycles. The van der Waals surface area contributed by atoms with Gasteiger partial charge >= 0.3 is 23.1 Å². The molecule has 0 heterocycles. The maximum atomic E-state index is 12.0. The van der Waals surface area contributed by atoms with Crippen LogP contribution in [0.5, 0.6) is 11.5 Å². The molecule has 0 saturated heterocycles. The van der Waals surface area contributed by atoms with Crippen LogP contribution in [-0.4, -0.2) is 60.8 Å². The predicted molar refractivity (Wildman–Crippen MR) is 146 cm³/mol. The van der Waals surface area contributed by atoms with Crippen molar-refractivity contribution in [1.82, 2.24) is 0 Å². The molecule has 200 valence electrons.